The van der Waals surface area contributed by atoms with E-state index in [1.807, 2.05) is 6.26 Å². The molecular formula is C12H18N4O2S. The first-order chi connectivity index (χ1) is 9.28. The summed E-state index contributed by atoms with van der Waals surface area (Å²) in [5, 5.41) is 12.1. The smallest absolute Gasteiger partial charge is 0.184 e. The molecule has 2 fully saturated rings. The number of allylic oxidation sites excluding steroid dienone is 1. The highest BCUT2D eigenvalue weighted by Gasteiger charge is 2.28. The fourth-order valence-corrected chi connectivity index (χ4v) is 3.50. The third-order valence-corrected chi connectivity index (χ3v) is 4.43. The molecule has 1 atom stereocenters. The van der Waals surface area contributed by atoms with Gasteiger partial charge in [-0.2, -0.15) is 4.36 Å². The standard InChI is InChI=1S/C12H18N4O2S/c1-19-14-10-3-2-8-18-11(10)12(15-19)16-6-4-9(13-17)5-7-16/h17H,2-8H2,1H3. The van der Waals surface area contributed by atoms with Gasteiger partial charge in [-0.15, -0.1) is 0 Å². The Bertz CT molecular complexity index is 500. The quantitative estimate of drug-likeness (QED) is 0.588. The fraction of sp³-hybridized carbons (Fsp3) is 0.667. The Morgan fingerprint density at radius 1 is 1.32 bits per heavy atom. The molecule has 3 aliphatic rings. The molecule has 0 radical (unpaired) electrons. The number of nitrogens with zero attached hydrogens (tertiary/aromatic N) is 4. The Balaban J connectivity index is 1.86. The lowest BCUT2D eigenvalue weighted by molar-refractivity contribution is 0.195. The van der Waals surface area contributed by atoms with Gasteiger partial charge in [0.2, 0.25) is 0 Å². The molecule has 1 unspecified atom stereocenters. The van der Waals surface area contributed by atoms with Crippen molar-refractivity contribution >= 4 is 22.3 Å². The normalized spacial score (nSPS) is 27.2. The van der Waals surface area contributed by atoms with Crippen LogP contribution in [0.2, 0.25) is 0 Å². The lowest BCUT2D eigenvalue weighted by Gasteiger charge is -2.33. The van der Waals surface area contributed by atoms with Crippen molar-refractivity contribution < 1.29 is 9.94 Å². The Hall–Kier alpha value is -1.37. The van der Waals surface area contributed by atoms with Gasteiger partial charge in [0.1, 0.15) is 0 Å². The third-order valence-electron chi connectivity index (χ3n) is 3.51. The van der Waals surface area contributed by atoms with Crippen molar-refractivity contribution in [2.45, 2.75) is 25.7 Å². The monoisotopic (exact) mass is 282 g/mol. The summed E-state index contributed by atoms with van der Waals surface area (Å²) in [7, 11) is -0.297. The molecule has 19 heavy (non-hydrogen) atoms. The maximum Gasteiger partial charge on any atom is 0.184 e. The lowest BCUT2D eigenvalue weighted by Crippen LogP contribution is -2.36. The zero-order valence-corrected chi connectivity index (χ0v) is 11.8. The van der Waals surface area contributed by atoms with Gasteiger partial charge in [0.15, 0.2) is 11.6 Å². The number of piperidine rings is 1. The van der Waals surface area contributed by atoms with Gasteiger partial charge in [-0.3, -0.25) is 0 Å². The minimum absolute atomic E-state index is 0.297. The molecule has 0 bridgehead atoms. The molecule has 104 valence electrons. The van der Waals surface area contributed by atoms with Crippen molar-refractivity contribution in [2.75, 3.05) is 26.0 Å². The van der Waals surface area contributed by atoms with E-state index in [1.54, 1.807) is 0 Å². The first-order valence-electron chi connectivity index (χ1n) is 6.55. The molecule has 0 spiro atoms. The van der Waals surface area contributed by atoms with Gasteiger partial charge in [-0.1, -0.05) is 5.16 Å². The number of hydrogen-bond acceptors (Lipinski definition) is 6. The van der Waals surface area contributed by atoms with Crippen molar-refractivity contribution in [3.8, 4) is 0 Å². The second kappa shape index (κ2) is 5.32. The van der Waals surface area contributed by atoms with Gasteiger partial charge in [0.25, 0.3) is 0 Å². The summed E-state index contributed by atoms with van der Waals surface area (Å²) < 4.78 is 15.0. The highest BCUT2D eigenvalue weighted by atomic mass is 32.2. The minimum atomic E-state index is -0.297. The summed E-state index contributed by atoms with van der Waals surface area (Å²) >= 11 is 0. The van der Waals surface area contributed by atoms with Crippen LogP contribution < -0.4 is 0 Å². The third kappa shape index (κ3) is 2.51. The lowest BCUT2D eigenvalue weighted by atomic mass is 10.1. The number of fused-ring (bicyclic) bond motifs is 1. The van der Waals surface area contributed by atoms with Crippen LogP contribution in [0, 0.1) is 0 Å². The Kier molecular flexibility index (Phi) is 3.54. The molecule has 0 aromatic heterocycles. The maximum absolute atomic E-state index is 8.81. The molecule has 3 aliphatic heterocycles. The van der Waals surface area contributed by atoms with Crippen LogP contribution in [0.1, 0.15) is 25.7 Å². The van der Waals surface area contributed by atoms with Gasteiger partial charge in [-0.05, 0) is 12.8 Å². The van der Waals surface area contributed by atoms with E-state index < -0.39 is 0 Å². The van der Waals surface area contributed by atoms with Crippen molar-refractivity contribution in [1.82, 2.24) is 4.90 Å². The fourth-order valence-electron chi connectivity index (χ4n) is 2.52. The van der Waals surface area contributed by atoms with Crippen LogP contribution in [0.5, 0.6) is 0 Å². The summed E-state index contributed by atoms with van der Waals surface area (Å²) in [6, 6.07) is 0. The van der Waals surface area contributed by atoms with Gasteiger partial charge in [0.05, 0.1) is 18.0 Å². The molecule has 0 aromatic rings. The topological polar surface area (TPSA) is 69.8 Å². The average Bonchev–Trinajstić information content (AvgIpc) is 2.46. The summed E-state index contributed by atoms with van der Waals surface area (Å²) in [5.74, 6) is 1.83. The van der Waals surface area contributed by atoms with Crippen LogP contribution >= 0.6 is 0 Å². The van der Waals surface area contributed by atoms with Crippen molar-refractivity contribution in [1.29, 1.82) is 0 Å². The Labute approximate surface area is 115 Å². The summed E-state index contributed by atoms with van der Waals surface area (Å²) in [6.45, 7) is 2.41. The minimum Gasteiger partial charge on any atom is -0.488 e. The second-order valence-corrected chi connectivity index (χ2v) is 6.09. The predicted molar refractivity (Wildman–Crippen MR) is 75.4 cm³/mol. The molecule has 0 aromatic carbocycles. The first-order valence-corrected chi connectivity index (χ1v) is 8.10. The first kappa shape index (κ1) is 12.7. The van der Waals surface area contributed by atoms with Crippen molar-refractivity contribution in [3.05, 3.63) is 11.6 Å². The van der Waals surface area contributed by atoms with Gasteiger partial charge < -0.3 is 14.8 Å². The Morgan fingerprint density at radius 2 is 2.11 bits per heavy atom. The van der Waals surface area contributed by atoms with Crippen LogP contribution in [0.15, 0.2) is 25.5 Å². The van der Waals surface area contributed by atoms with Gasteiger partial charge in [-0.25, -0.2) is 4.40 Å². The number of rotatable bonds is 1. The largest absolute Gasteiger partial charge is 0.488 e. The van der Waals surface area contributed by atoms with E-state index in [0.29, 0.717) is 0 Å². The average molecular weight is 282 g/mol. The number of hydrogen-bond donors (Lipinski definition) is 1. The SMILES string of the molecule is CS1=NC(N2CCC(=NO)CC2)=C2OCCCC2=N1. The van der Waals surface area contributed by atoms with E-state index in [4.69, 9.17) is 9.94 Å². The van der Waals surface area contributed by atoms with E-state index in [-0.39, 0.29) is 10.9 Å². The molecule has 6 nitrogen and oxygen atoms in total. The van der Waals surface area contributed by atoms with E-state index >= 15 is 0 Å². The van der Waals surface area contributed by atoms with Gasteiger partial charge >= 0.3 is 0 Å². The van der Waals surface area contributed by atoms with Crippen LogP contribution in [0.4, 0.5) is 0 Å². The zero-order chi connectivity index (χ0) is 13.2. The highest BCUT2D eigenvalue weighted by Crippen LogP contribution is 2.27. The van der Waals surface area contributed by atoms with Crippen LogP contribution in [-0.4, -0.2) is 47.5 Å². The van der Waals surface area contributed by atoms with Crippen LogP contribution in [0.25, 0.3) is 0 Å². The summed E-state index contributed by atoms with van der Waals surface area (Å²) in [6.07, 6.45) is 5.62. The van der Waals surface area contributed by atoms with E-state index in [1.165, 1.54) is 0 Å². The number of likely N-dealkylation sites (tertiary alicyclic amines) is 1. The number of oxime groups is 1. The summed E-state index contributed by atoms with van der Waals surface area (Å²) in [4.78, 5) is 2.23. The van der Waals surface area contributed by atoms with Gasteiger partial charge in [0, 0.05) is 43.1 Å². The highest BCUT2D eigenvalue weighted by molar-refractivity contribution is 7.85. The Morgan fingerprint density at radius 3 is 2.84 bits per heavy atom. The van der Waals surface area contributed by atoms with Crippen LogP contribution in [0.3, 0.4) is 0 Å². The molecule has 2 saturated heterocycles. The van der Waals surface area contributed by atoms with E-state index in [2.05, 4.69) is 18.8 Å². The molecule has 3 rings (SSSR count). The van der Waals surface area contributed by atoms with E-state index in [0.717, 1.165) is 68.4 Å². The molecule has 0 aliphatic carbocycles. The van der Waals surface area contributed by atoms with E-state index in [9.17, 15) is 0 Å². The molecule has 0 amide bonds. The molecule has 3 heterocycles. The zero-order valence-electron chi connectivity index (χ0n) is 11.0. The maximum atomic E-state index is 8.81. The molecule has 0 saturated carbocycles. The number of ether oxygens (including phenoxy) is 1. The van der Waals surface area contributed by atoms with Crippen molar-refractivity contribution in [2.24, 2.45) is 13.9 Å². The van der Waals surface area contributed by atoms with Crippen LogP contribution in [-0.2, 0) is 15.6 Å². The molecule has 7 heteroatoms. The second-order valence-electron chi connectivity index (χ2n) is 4.83. The van der Waals surface area contributed by atoms with Crippen molar-refractivity contribution in [3.63, 3.8) is 0 Å². The summed E-state index contributed by atoms with van der Waals surface area (Å²) in [5.41, 5.74) is 1.94. The molecular weight excluding hydrogens is 264 g/mol. The molecule has 1 N–H and O–H groups in total. The predicted octanol–water partition coefficient (Wildman–Crippen LogP) is 1.69.